The number of carbonyl (C=O) groups is 2. The van der Waals surface area contributed by atoms with Gasteiger partial charge in [-0.15, -0.1) is 0 Å². The zero-order chi connectivity index (χ0) is 18.1. The summed E-state index contributed by atoms with van der Waals surface area (Å²) in [5.74, 6) is 1.11. The Bertz CT molecular complexity index is 880. The van der Waals surface area contributed by atoms with Crippen LogP contribution in [0.5, 0.6) is 5.75 Å². The maximum absolute atomic E-state index is 12.5. The van der Waals surface area contributed by atoms with Gasteiger partial charge in [-0.2, -0.15) is 0 Å². The minimum absolute atomic E-state index is 0.115. The Hall–Kier alpha value is -2.05. The molecule has 0 N–H and O–H groups in total. The van der Waals surface area contributed by atoms with Crippen LogP contribution >= 0.6 is 23.5 Å². The van der Waals surface area contributed by atoms with Crippen molar-refractivity contribution in [2.24, 2.45) is 4.99 Å². The molecule has 1 aliphatic heterocycles. The number of ether oxygens (including phenoxy) is 1. The third-order valence-electron chi connectivity index (χ3n) is 4.51. The molecule has 0 aromatic heterocycles. The van der Waals surface area contributed by atoms with Crippen molar-refractivity contribution in [1.29, 1.82) is 0 Å². The number of hydrogen-bond acceptors (Lipinski definition) is 6. The van der Waals surface area contributed by atoms with Crippen LogP contribution in [-0.2, 0) is 15.3 Å². The van der Waals surface area contributed by atoms with Crippen molar-refractivity contribution in [2.45, 2.75) is 30.6 Å². The minimum Gasteiger partial charge on any atom is -0.427 e. The second-order valence-electron chi connectivity index (χ2n) is 6.39. The highest BCUT2D eigenvalue weighted by Crippen LogP contribution is 2.60. The van der Waals surface area contributed by atoms with Gasteiger partial charge in [0, 0.05) is 18.6 Å². The number of hydrogen-bond donors (Lipinski definition) is 0. The van der Waals surface area contributed by atoms with Crippen LogP contribution < -0.4 is 4.74 Å². The van der Waals surface area contributed by atoms with Gasteiger partial charge < -0.3 is 4.74 Å². The summed E-state index contributed by atoms with van der Waals surface area (Å²) >= 11 is 2.89. The maximum atomic E-state index is 12.5. The Kier molecular flexibility index (Phi) is 4.63. The van der Waals surface area contributed by atoms with Crippen LogP contribution in [0.2, 0.25) is 0 Å². The van der Waals surface area contributed by atoms with E-state index in [9.17, 15) is 9.59 Å². The van der Waals surface area contributed by atoms with Crippen LogP contribution in [0.15, 0.2) is 59.6 Å². The molecule has 132 valence electrons. The first-order valence-electron chi connectivity index (χ1n) is 8.34. The summed E-state index contributed by atoms with van der Waals surface area (Å²) in [7, 11) is 0. The summed E-state index contributed by atoms with van der Waals surface area (Å²) in [6.07, 6.45) is 0.751. The minimum atomic E-state index is -0.591. The van der Waals surface area contributed by atoms with E-state index in [1.165, 1.54) is 24.2 Å². The zero-order valence-corrected chi connectivity index (χ0v) is 15.8. The Morgan fingerprint density at radius 1 is 1.23 bits per heavy atom. The summed E-state index contributed by atoms with van der Waals surface area (Å²) in [5.41, 5.74) is 1.70. The van der Waals surface area contributed by atoms with Gasteiger partial charge in [0.15, 0.2) is 0 Å². The van der Waals surface area contributed by atoms with Gasteiger partial charge in [0.1, 0.15) is 15.7 Å². The van der Waals surface area contributed by atoms with Crippen LogP contribution in [-0.4, -0.2) is 21.0 Å². The van der Waals surface area contributed by atoms with E-state index in [1.807, 2.05) is 30.3 Å². The second kappa shape index (κ2) is 6.93. The Balaban J connectivity index is 1.43. The van der Waals surface area contributed by atoms with Crippen LogP contribution in [0.25, 0.3) is 0 Å². The molecule has 2 aliphatic rings. The molecule has 0 amide bonds. The largest absolute Gasteiger partial charge is 0.427 e. The number of carbonyl (C=O) groups excluding carboxylic acids is 2. The lowest BCUT2D eigenvalue weighted by atomic mass is 10.1. The highest BCUT2D eigenvalue weighted by molar-refractivity contribution is 8.45. The first-order chi connectivity index (χ1) is 12.6. The van der Waals surface area contributed by atoms with Crippen molar-refractivity contribution in [3.05, 3.63) is 65.7 Å². The number of esters is 1. The monoisotopic (exact) mass is 383 g/mol. The predicted octanol–water partition coefficient (Wildman–Crippen LogP) is 4.40. The summed E-state index contributed by atoms with van der Waals surface area (Å²) in [6, 6.07) is 17.6. The van der Waals surface area contributed by atoms with Gasteiger partial charge in [0.25, 0.3) is 0 Å². The van der Waals surface area contributed by atoms with Crippen LogP contribution in [0.3, 0.4) is 0 Å². The van der Waals surface area contributed by atoms with Crippen molar-refractivity contribution in [1.82, 2.24) is 0 Å². The molecule has 2 aromatic rings. The molecule has 1 fully saturated rings. The summed E-state index contributed by atoms with van der Waals surface area (Å²) < 4.78 is 5.92. The van der Waals surface area contributed by atoms with Crippen molar-refractivity contribution in [3.8, 4) is 5.75 Å². The third-order valence-corrected chi connectivity index (χ3v) is 6.73. The molecule has 1 heterocycles. The lowest BCUT2D eigenvalue weighted by Crippen LogP contribution is -2.14. The van der Waals surface area contributed by atoms with Gasteiger partial charge in [-0.3, -0.25) is 14.6 Å². The van der Waals surface area contributed by atoms with Gasteiger partial charge >= 0.3 is 5.97 Å². The molecule has 1 aliphatic carbocycles. The van der Waals surface area contributed by atoms with E-state index in [0.717, 1.165) is 22.1 Å². The summed E-state index contributed by atoms with van der Waals surface area (Å²) in [6.45, 7) is 1.38. The Morgan fingerprint density at radius 3 is 2.65 bits per heavy atom. The fraction of sp³-hybridized carbons (Fsp3) is 0.250. The van der Waals surface area contributed by atoms with Crippen molar-refractivity contribution in [2.75, 3.05) is 0 Å². The van der Waals surface area contributed by atoms with E-state index in [0.29, 0.717) is 5.75 Å². The number of nitrogens with zero attached hydrogens (tertiary/aromatic N) is 1. The topological polar surface area (TPSA) is 55.7 Å². The standard InChI is InChI=1S/C20H17NO3S2/c1-13(22)24-16-9-7-15(8-10-16)17-11-20(17)18(23)26-19(21-20)25-12-14-5-3-2-4-6-14/h2-10,17H,11-12H2,1H3/t17-,20-/m1/s1. The van der Waals surface area contributed by atoms with E-state index in [1.54, 1.807) is 23.9 Å². The molecule has 1 saturated carbocycles. The smallest absolute Gasteiger partial charge is 0.308 e. The highest BCUT2D eigenvalue weighted by atomic mass is 32.2. The molecule has 0 bridgehead atoms. The number of thioether (sulfide) groups is 2. The quantitative estimate of drug-likeness (QED) is 0.578. The molecule has 2 atom stereocenters. The number of benzene rings is 2. The zero-order valence-electron chi connectivity index (χ0n) is 14.2. The van der Waals surface area contributed by atoms with Gasteiger partial charge in [-0.05, 0) is 41.4 Å². The Labute approximate surface area is 160 Å². The van der Waals surface area contributed by atoms with Crippen LogP contribution in [0.4, 0.5) is 0 Å². The molecule has 0 unspecified atom stereocenters. The van der Waals surface area contributed by atoms with Gasteiger partial charge in [-0.25, -0.2) is 0 Å². The lowest BCUT2D eigenvalue weighted by molar-refractivity contribution is -0.131. The first kappa shape index (κ1) is 17.4. The average Bonchev–Trinajstić information content (AvgIpc) is 3.27. The number of rotatable bonds is 4. The molecule has 0 saturated heterocycles. The van der Waals surface area contributed by atoms with E-state index >= 15 is 0 Å². The summed E-state index contributed by atoms with van der Waals surface area (Å²) in [4.78, 5) is 28.3. The molecule has 2 aromatic carbocycles. The van der Waals surface area contributed by atoms with E-state index < -0.39 is 5.54 Å². The molecule has 6 heteroatoms. The molecule has 4 nitrogen and oxygen atoms in total. The van der Waals surface area contributed by atoms with Crippen molar-refractivity contribution >= 4 is 39.0 Å². The molecule has 4 rings (SSSR count). The van der Waals surface area contributed by atoms with Gasteiger partial charge in [0.05, 0.1) is 0 Å². The van der Waals surface area contributed by atoms with E-state index in [-0.39, 0.29) is 17.0 Å². The van der Waals surface area contributed by atoms with Gasteiger partial charge in [-0.1, -0.05) is 54.2 Å². The average molecular weight is 383 g/mol. The molecular weight excluding hydrogens is 366 g/mol. The molecular formula is C20H17NO3S2. The maximum Gasteiger partial charge on any atom is 0.308 e. The Morgan fingerprint density at radius 2 is 1.96 bits per heavy atom. The normalized spacial score (nSPS) is 23.8. The van der Waals surface area contributed by atoms with Crippen LogP contribution in [0.1, 0.15) is 30.4 Å². The second-order valence-corrected chi connectivity index (χ2v) is 8.57. The SMILES string of the molecule is CC(=O)Oc1ccc([C@H]2C[C@@]23N=C(SCc2ccccc2)SC3=O)cc1. The number of aliphatic imine (C=N–C) groups is 1. The highest BCUT2D eigenvalue weighted by Gasteiger charge is 2.63. The predicted molar refractivity (Wildman–Crippen MR) is 106 cm³/mol. The van der Waals surface area contributed by atoms with Crippen molar-refractivity contribution < 1.29 is 14.3 Å². The van der Waals surface area contributed by atoms with Gasteiger partial charge in [0.2, 0.25) is 5.12 Å². The lowest BCUT2D eigenvalue weighted by Gasteiger charge is -2.05. The van der Waals surface area contributed by atoms with E-state index in [4.69, 9.17) is 9.73 Å². The van der Waals surface area contributed by atoms with Crippen molar-refractivity contribution in [3.63, 3.8) is 0 Å². The van der Waals surface area contributed by atoms with E-state index in [2.05, 4.69) is 12.1 Å². The van der Waals surface area contributed by atoms with Crippen LogP contribution in [0, 0.1) is 0 Å². The molecule has 0 radical (unpaired) electrons. The third kappa shape index (κ3) is 3.44. The molecule has 26 heavy (non-hydrogen) atoms. The fourth-order valence-corrected chi connectivity index (χ4v) is 5.27. The first-order valence-corrected chi connectivity index (χ1v) is 10.1. The summed E-state index contributed by atoms with van der Waals surface area (Å²) in [5, 5.41) is 0.141. The fourth-order valence-electron chi connectivity index (χ4n) is 3.11. The molecule has 1 spiro atoms.